The van der Waals surface area contributed by atoms with E-state index in [1.165, 1.54) is 11.0 Å². The molecule has 1 aliphatic heterocycles. The average molecular weight is 554 g/mol. The largest absolute Gasteiger partial charge is 0.508 e. The van der Waals surface area contributed by atoms with Crippen LogP contribution in [0, 0.1) is 17.8 Å². The Balaban J connectivity index is 1.42. The first-order valence-electron chi connectivity index (χ1n) is 14.2. The zero-order valence-corrected chi connectivity index (χ0v) is 22.8. The molecule has 1 saturated heterocycles. The highest BCUT2D eigenvalue weighted by molar-refractivity contribution is 6.24. The molecule has 0 spiro atoms. The fraction of sp³-hybridized carbons (Fsp3) is 0.364. The minimum atomic E-state index is -0.874. The molecule has 0 unspecified atom stereocenters. The van der Waals surface area contributed by atoms with Crippen molar-refractivity contribution in [2.24, 2.45) is 17.8 Å². The van der Waals surface area contributed by atoms with Gasteiger partial charge in [0.25, 0.3) is 0 Å². The number of ketones is 2. The van der Waals surface area contributed by atoms with Crippen LogP contribution >= 0.6 is 0 Å². The van der Waals surface area contributed by atoms with E-state index in [4.69, 9.17) is 5.11 Å². The van der Waals surface area contributed by atoms with E-state index in [-0.39, 0.29) is 48.5 Å². The van der Waals surface area contributed by atoms with Crippen LogP contribution in [0.5, 0.6) is 5.75 Å². The lowest BCUT2D eigenvalue weighted by molar-refractivity contribution is -0.141. The number of Topliss-reactive ketones (excluding diaryl/α,β-unsaturated/α-hetero) is 1. The zero-order chi connectivity index (χ0) is 29.0. The third-order valence-electron chi connectivity index (χ3n) is 9.16. The second kappa shape index (κ2) is 10.3. The number of hydrogen-bond donors (Lipinski definition) is 2. The van der Waals surface area contributed by atoms with E-state index in [0.29, 0.717) is 48.0 Å². The van der Waals surface area contributed by atoms with E-state index < -0.39 is 29.6 Å². The maximum atomic E-state index is 13.8. The van der Waals surface area contributed by atoms with Crippen molar-refractivity contribution in [3.8, 4) is 5.75 Å². The molecule has 0 aromatic heterocycles. The van der Waals surface area contributed by atoms with Gasteiger partial charge in [0.05, 0.1) is 11.8 Å². The first kappa shape index (κ1) is 26.9. The number of carboxylic acids is 1. The van der Waals surface area contributed by atoms with Gasteiger partial charge in [-0.3, -0.25) is 28.9 Å². The van der Waals surface area contributed by atoms with E-state index in [1.54, 1.807) is 13.0 Å². The monoisotopic (exact) mass is 553 g/mol. The van der Waals surface area contributed by atoms with Crippen LogP contribution < -0.4 is 0 Å². The lowest BCUT2D eigenvalue weighted by Crippen LogP contribution is -2.40. The number of fused-ring (bicyclic) bond motifs is 4. The Morgan fingerprint density at radius 3 is 2.54 bits per heavy atom. The van der Waals surface area contributed by atoms with Crippen LogP contribution in [0.25, 0.3) is 10.8 Å². The van der Waals surface area contributed by atoms with Gasteiger partial charge >= 0.3 is 5.97 Å². The number of unbranched alkanes of at least 4 members (excludes halogenated alkanes) is 2. The van der Waals surface area contributed by atoms with Crippen molar-refractivity contribution < 1.29 is 34.2 Å². The molecular weight excluding hydrogens is 522 g/mol. The molecule has 8 heteroatoms. The summed E-state index contributed by atoms with van der Waals surface area (Å²) < 4.78 is 0. The molecule has 4 aliphatic rings. The number of benzene rings is 2. The van der Waals surface area contributed by atoms with Crippen molar-refractivity contribution in [2.45, 2.75) is 51.4 Å². The predicted molar refractivity (Wildman–Crippen MR) is 150 cm³/mol. The molecule has 1 heterocycles. The highest BCUT2D eigenvalue weighted by Crippen LogP contribution is 2.57. The smallest absolute Gasteiger partial charge is 0.303 e. The molecule has 2 aromatic carbocycles. The van der Waals surface area contributed by atoms with Crippen molar-refractivity contribution in [3.05, 3.63) is 76.4 Å². The molecule has 0 radical (unpaired) electrons. The minimum absolute atomic E-state index is 0.00786. The molecule has 210 valence electrons. The lowest BCUT2D eigenvalue weighted by Gasteiger charge is -2.42. The Hall–Kier alpha value is -4.33. The van der Waals surface area contributed by atoms with Crippen LogP contribution in [-0.2, 0) is 24.0 Å². The number of carboxylic acid groups (broad SMARTS) is 1. The standard InChI is InChI=1S/C33H31NO7/c1-17-15-25(36)23-16-22-20(11-12-21-27(22)33(41)34(32(21)40)14-6-2-3-9-26(37)38)29(30(23)31(17)39)28-19-8-5-4-7-18(19)10-13-24(28)35/h4-5,7-8,10-11,13,15,21-22,27,29,35H,2-3,6,9,12,14,16H2,1H3,(H,37,38)/t21-,22+,27-,29+/m0/s1. The number of hydrogen-bond acceptors (Lipinski definition) is 6. The molecule has 8 nitrogen and oxygen atoms in total. The molecule has 6 rings (SSSR count). The van der Waals surface area contributed by atoms with E-state index in [0.717, 1.165) is 16.3 Å². The van der Waals surface area contributed by atoms with Crippen molar-refractivity contribution in [2.75, 3.05) is 6.54 Å². The van der Waals surface area contributed by atoms with Gasteiger partial charge in [-0.2, -0.15) is 0 Å². The highest BCUT2D eigenvalue weighted by Gasteiger charge is 2.56. The van der Waals surface area contributed by atoms with Gasteiger partial charge in [0, 0.05) is 41.2 Å². The molecule has 0 saturated carbocycles. The summed E-state index contributed by atoms with van der Waals surface area (Å²) in [5.74, 6) is -4.28. The first-order valence-corrected chi connectivity index (χ1v) is 14.2. The summed E-state index contributed by atoms with van der Waals surface area (Å²) in [6, 6.07) is 11.0. The second-order valence-electron chi connectivity index (χ2n) is 11.5. The SMILES string of the molecule is CC1=CC(=O)C2=C(C1=O)[C@@H](c1c(O)ccc3ccccc13)C1=CC[C@@H]3C(=O)N(CCCCCC(=O)O)C(=O)[C@@H]3[C@@H]1C2. The van der Waals surface area contributed by atoms with Crippen LogP contribution in [0.3, 0.4) is 0 Å². The number of likely N-dealkylation sites (tertiary alicyclic amines) is 1. The number of phenols is 1. The highest BCUT2D eigenvalue weighted by atomic mass is 16.4. The number of nitrogens with zero attached hydrogens (tertiary/aromatic N) is 1. The summed E-state index contributed by atoms with van der Waals surface area (Å²) in [4.78, 5) is 66.4. The molecule has 41 heavy (non-hydrogen) atoms. The Morgan fingerprint density at radius 1 is 0.976 bits per heavy atom. The zero-order valence-electron chi connectivity index (χ0n) is 22.8. The van der Waals surface area contributed by atoms with Crippen molar-refractivity contribution in [1.29, 1.82) is 0 Å². The summed E-state index contributed by atoms with van der Waals surface area (Å²) in [6.07, 6.45) is 5.45. The number of aromatic hydroxyl groups is 1. The van der Waals surface area contributed by atoms with E-state index >= 15 is 0 Å². The summed E-state index contributed by atoms with van der Waals surface area (Å²) >= 11 is 0. The quantitative estimate of drug-likeness (QED) is 0.222. The van der Waals surface area contributed by atoms with Gasteiger partial charge < -0.3 is 10.2 Å². The van der Waals surface area contributed by atoms with Gasteiger partial charge in [-0.15, -0.1) is 0 Å². The second-order valence-corrected chi connectivity index (χ2v) is 11.5. The Bertz CT molecular complexity index is 1630. The number of carbonyl (C=O) groups excluding carboxylic acids is 4. The Labute approximate surface area is 237 Å². The Kier molecular flexibility index (Phi) is 6.72. The van der Waals surface area contributed by atoms with Gasteiger partial charge in [-0.25, -0.2) is 0 Å². The number of rotatable bonds is 7. The van der Waals surface area contributed by atoms with Gasteiger partial charge in [-0.05, 0) is 61.4 Å². The van der Waals surface area contributed by atoms with Gasteiger partial charge in [0.2, 0.25) is 11.8 Å². The van der Waals surface area contributed by atoms with Crippen molar-refractivity contribution in [3.63, 3.8) is 0 Å². The number of imide groups is 1. The molecule has 0 bridgehead atoms. The average Bonchev–Trinajstić information content (AvgIpc) is 3.19. The fourth-order valence-electron chi connectivity index (χ4n) is 7.29. The first-order chi connectivity index (χ1) is 19.7. The molecule has 2 aromatic rings. The summed E-state index contributed by atoms with van der Waals surface area (Å²) in [5.41, 5.74) is 2.39. The van der Waals surface area contributed by atoms with Crippen molar-refractivity contribution >= 4 is 40.1 Å². The van der Waals surface area contributed by atoms with E-state index in [2.05, 4.69) is 0 Å². The summed E-state index contributed by atoms with van der Waals surface area (Å²) in [6.45, 7) is 1.85. The number of phenolic OH excluding ortho intramolecular Hbond substituents is 1. The van der Waals surface area contributed by atoms with Crippen LogP contribution in [0.4, 0.5) is 0 Å². The minimum Gasteiger partial charge on any atom is -0.508 e. The molecular formula is C33H31NO7. The van der Waals surface area contributed by atoms with Gasteiger partial charge in [0.15, 0.2) is 11.6 Å². The molecule has 2 amide bonds. The summed E-state index contributed by atoms with van der Waals surface area (Å²) in [5, 5.41) is 21.7. The normalized spacial score (nSPS) is 25.6. The van der Waals surface area contributed by atoms with Crippen LogP contribution in [0.15, 0.2) is 70.8 Å². The molecule has 2 N–H and O–H groups in total. The van der Waals surface area contributed by atoms with Gasteiger partial charge in [0.1, 0.15) is 5.75 Å². The number of allylic oxidation sites excluding steroid dienone is 6. The molecule has 4 atom stereocenters. The van der Waals surface area contributed by atoms with E-state index in [9.17, 15) is 29.1 Å². The molecule has 3 aliphatic carbocycles. The van der Waals surface area contributed by atoms with E-state index in [1.807, 2.05) is 36.4 Å². The Morgan fingerprint density at radius 2 is 1.76 bits per heavy atom. The van der Waals surface area contributed by atoms with Crippen LogP contribution in [0.1, 0.15) is 56.9 Å². The predicted octanol–water partition coefficient (Wildman–Crippen LogP) is 4.62. The van der Waals surface area contributed by atoms with Crippen LogP contribution in [-0.4, -0.2) is 51.0 Å². The third-order valence-corrected chi connectivity index (χ3v) is 9.16. The lowest BCUT2D eigenvalue weighted by atomic mass is 9.59. The van der Waals surface area contributed by atoms with Gasteiger partial charge in [-0.1, -0.05) is 48.4 Å². The number of carbonyl (C=O) groups is 5. The fourth-order valence-corrected chi connectivity index (χ4v) is 7.29. The number of amides is 2. The maximum Gasteiger partial charge on any atom is 0.303 e. The summed E-state index contributed by atoms with van der Waals surface area (Å²) in [7, 11) is 0. The number of aliphatic carboxylic acids is 1. The topological polar surface area (TPSA) is 129 Å². The third kappa shape index (κ3) is 4.33. The van der Waals surface area contributed by atoms with Crippen LogP contribution in [0.2, 0.25) is 0 Å². The van der Waals surface area contributed by atoms with Crippen molar-refractivity contribution in [1.82, 2.24) is 4.90 Å². The molecule has 1 fully saturated rings. The maximum absolute atomic E-state index is 13.8.